The van der Waals surface area contributed by atoms with Gasteiger partial charge in [-0.2, -0.15) is 0 Å². The number of rotatable bonds is 34. The highest BCUT2D eigenvalue weighted by atomic mass is 19.3. The second kappa shape index (κ2) is 37.0. The fourth-order valence-electron chi connectivity index (χ4n) is 10.2. The highest BCUT2D eigenvalue weighted by molar-refractivity contribution is 6.07. The van der Waals surface area contributed by atoms with Crippen LogP contribution in [0, 0.1) is 6.57 Å². The van der Waals surface area contributed by atoms with Crippen molar-refractivity contribution in [1.29, 1.82) is 0 Å². The van der Waals surface area contributed by atoms with E-state index in [0.717, 1.165) is 36.6 Å². The number of hydrogen-bond acceptors (Lipinski definition) is 19. The number of halogens is 2. The van der Waals surface area contributed by atoms with Gasteiger partial charge in [-0.05, 0) is 63.5 Å². The van der Waals surface area contributed by atoms with E-state index >= 15 is 0 Å². The monoisotopic (exact) mass is 1220 g/mol. The minimum Gasteiger partial charge on any atom is -0.480 e. The average Bonchev–Trinajstić information content (AvgIpc) is 2.87. The highest BCUT2D eigenvalue weighted by Crippen LogP contribution is 2.32. The van der Waals surface area contributed by atoms with E-state index in [4.69, 9.17) is 20.8 Å². The lowest BCUT2D eigenvalue weighted by Gasteiger charge is -2.35. The van der Waals surface area contributed by atoms with Crippen LogP contribution < -0.4 is 26.2 Å². The van der Waals surface area contributed by atoms with Crippen LogP contribution in [0.4, 0.5) is 14.5 Å². The molecule has 0 aliphatic carbocycles. The number of carbonyl (C=O) groups excluding carboxylic acids is 5. The van der Waals surface area contributed by atoms with Crippen LogP contribution in [-0.2, 0) is 47.8 Å². The van der Waals surface area contributed by atoms with Crippen molar-refractivity contribution >= 4 is 64.0 Å². The molecule has 2 atom stereocenters. The Hall–Kier alpha value is -6.82. The normalized spacial score (nSPS) is 18.1. The molecular formula is C56H86F2N14O14. The molecule has 3 fully saturated rings. The van der Waals surface area contributed by atoms with Crippen molar-refractivity contribution in [1.82, 2.24) is 60.6 Å². The Morgan fingerprint density at radius 2 is 1.28 bits per heavy atom. The largest absolute Gasteiger partial charge is 0.480 e. The number of nitrogens with one attached hydrogen (secondary N) is 4. The van der Waals surface area contributed by atoms with Gasteiger partial charge in [-0.3, -0.25) is 77.6 Å². The molecule has 0 radical (unpaired) electrons. The molecule has 0 saturated carbocycles. The second-order valence-corrected chi connectivity index (χ2v) is 21.5. The maximum absolute atomic E-state index is 13.9. The van der Waals surface area contributed by atoms with Crippen molar-refractivity contribution in [2.24, 2.45) is 0 Å². The molecule has 28 nitrogen and oxygen atoms in total. The molecule has 5 amide bonds. The summed E-state index contributed by atoms with van der Waals surface area (Å²) in [5.74, 6) is -8.09. The summed E-state index contributed by atoms with van der Waals surface area (Å²) in [7, 11) is 3.64. The van der Waals surface area contributed by atoms with Crippen LogP contribution in [0.3, 0.4) is 0 Å². The van der Waals surface area contributed by atoms with Crippen molar-refractivity contribution in [3.8, 4) is 0 Å². The number of pyridine rings is 1. The van der Waals surface area contributed by atoms with E-state index in [0.29, 0.717) is 102 Å². The quantitative estimate of drug-likeness (QED) is 0.0312. The molecule has 3 saturated heterocycles. The first kappa shape index (κ1) is 69.9. The standard InChI is InChI=1S/C56H86F2N14O14/c1-59-46(7-4-5-11-62-48(73)36-67-16-18-68(37-51(76)77)20-22-70(39-53(80)81)23-21-69(19-17-67)38-52(78)79)55(83)63-13-28-84-29-30-85-31-32-86-40-50(75)71-26-24-66(25-27-71)15-6-14-65(3)42-8-9-45-44(33-42)43(10-12-61-45)54(82)64-35-49(74)72-41-56(57,58)34-47(72)60-2/h8-10,12,33,46-47,59H,4-7,11,13-32,34-41H2,1,3H3,(H,62,73)(H,63,83)(H,64,82)(H,76,77)(H,78,79)(H,80,81)/t46-,47-/m0/s1. The van der Waals surface area contributed by atoms with Gasteiger partial charge in [0.1, 0.15) is 13.0 Å². The predicted octanol–water partition coefficient (Wildman–Crippen LogP) is -1.44. The zero-order valence-electron chi connectivity index (χ0n) is 49.4. The third kappa shape index (κ3) is 25.3. The molecule has 0 bridgehead atoms. The fourth-order valence-corrected chi connectivity index (χ4v) is 10.2. The van der Waals surface area contributed by atoms with Crippen molar-refractivity contribution < 1.29 is 76.7 Å². The minimum absolute atomic E-state index is 0.0134. The molecule has 5 rings (SSSR count). The fraction of sp³-hybridized carbons (Fsp3) is 0.679. The number of carbonyl (C=O) groups is 8. The molecule has 7 N–H and O–H groups in total. The lowest BCUT2D eigenvalue weighted by atomic mass is 10.1. The van der Waals surface area contributed by atoms with Gasteiger partial charge in [-0.15, -0.1) is 0 Å². The van der Waals surface area contributed by atoms with Gasteiger partial charge in [0, 0.05) is 122 Å². The summed E-state index contributed by atoms with van der Waals surface area (Å²) in [5, 5.41) is 40.2. The summed E-state index contributed by atoms with van der Waals surface area (Å²) >= 11 is 0. The molecule has 30 heteroatoms. The number of ether oxygens (including phenoxy) is 3. The van der Waals surface area contributed by atoms with Crippen molar-refractivity contribution in [2.75, 3.05) is 203 Å². The smallest absolute Gasteiger partial charge is 0.317 e. The third-order valence-electron chi connectivity index (χ3n) is 15.0. The van der Waals surface area contributed by atoms with Crippen molar-refractivity contribution in [3.63, 3.8) is 0 Å². The Kier molecular flexibility index (Phi) is 30.1. The number of likely N-dealkylation sites (tertiary alicyclic amines) is 1. The van der Waals surface area contributed by atoms with Gasteiger partial charge in [0.2, 0.25) is 23.6 Å². The van der Waals surface area contributed by atoms with Crippen LogP contribution in [0.5, 0.6) is 0 Å². The van der Waals surface area contributed by atoms with E-state index in [9.17, 15) is 62.5 Å². The van der Waals surface area contributed by atoms with E-state index in [1.165, 1.54) is 12.3 Å². The molecule has 4 heterocycles. The number of aromatic nitrogens is 1. The number of carboxylic acid groups (broad SMARTS) is 3. The number of anilines is 1. The SMILES string of the molecule is [C-]#[N+][C@@H]1CC(F)(F)CN1C(=O)CNC(=O)c1ccnc2ccc(N(C)CCCN3CCN(C(=O)COCCOCCOCCNC(=O)[C@H](CCCCNC(=O)CN4CCN(CC(=O)O)CCN(CC(=O)O)CCN(CC(=O)O)CC4)NC)CC3)cc12. The molecule has 1 aromatic heterocycles. The summed E-state index contributed by atoms with van der Waals surface area (Å²) in [6.07, 6.45) is 2.09. The number of carboxylic acids is 3. The Morgan fingerprint density at radius 3 is 1.86 bits per heavy atom. The first-order valence-electron chi connectivity index (χ1n) is 29.2. The molecule has 478 valence electrons. The highest BCUT2D eigenvalue weighted by Gasteiger charge is 2.51. The van der Waals surface area contributed by atoms with Crippen LogP contribution in [0.25, 0.3) is 15.7 Å². The van der Waals surface area contributed by atoms with Crippen LogP contribution in [0.2, 0.25) is 0 Å². The van der Waals surface area contributed by atoms with Gasteiger partial charge in [0.25, 0.3) is 11.8 Å². The molecule has 2 aromatic rings. The number of benzene rings is 1. The number of unbranched alkanes of at least 4 members (excludes halogenated alkanes) is 1. The van der Waals surface area contributed by atoms with E-state index in [-0.39, 0.29) is 102 Å². The Morgan fingerprint density at radius 1 is 0.709 bits per heavy atom. The van der Waals surface area contributed by atoms with Gasteiger partial charge < -0.3 is 60.6 Å². The van der Waals surface area contributed by atoms with Crippen molar-refractivity contribution in [3.05, 3.63) is 47.4 Å². The van der Waals surface area contributed by atoms with Crippen LogP contribution in [-0.4, -0.2) is 318 Å². The van der Waals surface area contributed by atoms with E-state index in [1.54, 1.807) is 32.7 Å². The number of nitrogens with zero attached hydrogens (tertiary/aromatic N) is 10. The summed E-state index contributed by atoms with van der Waals surface area (Å²) in [5.41, 5.74) is 1.69. The first-order chi connectivity index (χ1) is 41.2. The molecular weight excluding hydrogens is 1130 g/mol. The average molecular weight is 1220 g/mol. The van der Waals surface area contributed by atoms with Gasteiger partial charge in [-0.25, -0.2) is 15.4 Å². The zero-order chi connectivity index (χ0) is 62.4. The summed E-state index contributed by atoms with van der Waals surface area (Å²) in [6, 6.07) is 6.63. The van der Waals surface area contributed by atoms with Crippen LogP contribution >= 0.6 is 0 Å². The first-order valence-corrected chi connectivity index (χ1v) is 29.2. The number of alkyl halides is 2. The second-order valence-electron chi connectivity index (χ2n) is 21.5. The Bertz CT molecular complexity index is 2550. The van der Waals surface area contributed by atoms with Gasteiger partial charge >= 0.3 is 24.1 Å². The molecule has 0 spiro atoms. The molecule has 1 aromatic carbocycles. The van der Waals surface area contributed by atoms with Crippen LogP contribution in [0.1, 0.15) is 42.5 Å². The zero-order valence-corrected chi connectivity index (χ0v) is 49.4. The number of piperazine rings is 1. The Labute approximate surface area is 500 Å². The Balaban J connectivity index is 0.864. The molecule has 3 aliphatic heterocycles. The summed E-state index contributed by atoms with van der Waals surface area (Å²) in [4.78, 5) is 121. The lowest BCUT2D eigenvalue weighted by molar-refractivity contribution is -0.140. The lowest BCUT2D eigenvalue weighted by Crippen LogP contribution is -2.50. The summed E-state index contributed by atoms with van der Waals surface area (Å²) in [6.45, 7) is 13.5. The molecule has 0 unspecified atom stereocenters. The van der Waals surface area contributed by atoms with Gasteiger partial charge in [0.15, 0.2) is 0 Å². The predicted molar refractivity (Wildman–Crippen MR) is 310 cm³/mol. The summed E-state index contributed by atoms with van der Waals surface area (Å²) < 4.78 is 44.5. The topological polar surface area (TPSA) is 316 Å². The van der Waals surface area contributed by atoms with E-state index in [1.807, 2.05) is 24.1 Å². The van der Waals surface area contributed by atoms with E-state index in [2.05, 4.69) is 40.9 Å². The van der Waals surface area contributed by atoms with Crippen LogP contribution in [0.15, 0.2) is 30.5 Å². The number of hydrogen-bond donors (Lipinski definition) is 7. The number of fused-ring (bicyclic) bond motifs is 1. The number of amides is 5. The third-order valence-corrected chi connectivity index (χ3v) is 15.0. The number of likely N-dealkylation sites (N-methyl/N-ethyl adjacent to an activating group) is 1. The molecule has 3 aliphatic rings. The maximum Gasteiger partial charge on any atom is 0.317 e. The van der Waals surface area contributed by atoms with Gasteiger partial charge in [0.05, 0.1) is 89.4 Å². The van der Waals surface area contributed by atoms with Gasteiger partial charge in [-0.1, -0.05) is 0 Å². The molecule has 86 heavy (non-hydrogen) atoms. The van der Waals surface area contributed by atoms with Crippen molar-refractivity contribution in [2.45, 2.75) is 50.2 Å². The minimum atomic E-state index is -3.15. The maximum atomic E-state index is 13.9. The van der Waals surface area contributed by atoms with E-state index < -0.39 is 67.4 Å². The number of aliphatic carboxylic acids is 3.